The van der Waals surface area contributed by atoms with Crippen molar-refractivity contribution in [1.29, 1.82) is 0 Å². The quantitative estimate of drug-likeness (QED) is 0.520. The van der Waals surface area contributed by atoms with E-state index in [1.165, 1.54) is 24.4 Å². The van der Waals surface area contributed by atoms with Crippen LogP contribution in [0.2, 0.25) is 10.0 Å². The predicted molar refractivity (Wildman–Crippen MR) is 78.5 cm³/mol. The molecule has 0 amide bonds. The summed E-state index contributed by atoms with van der Waals surface area (Å²) < 4.78 is 0. The summed E-state index contributed by atoms with van der Waals surface area (Å²) in [5, 5.41) is 21.1. The van der Waals surface area contributed by atoms with Gasteiger partial charge in [-0.15, -0.1) is 0 Å². The molecule has 0 radical (unpaired) electrons. The average Bonchev–Trinajstić information content (AvgIpc) is 2.41. The Morgan fingerprint density at radius 2 is 1.90 bits per heavy atom. The van der Waals surface area contributed by atoms with Crippen LogP contribution in [0.4, 0.5) is 11.4 Å². The number of hydrogen-bond donors (Lipinski definition) is 1. The topological polar surface area (TPSA) is 75.7 Å². The SMILES string of the molecule is O=[N+]([O-])c1cccc(C=Nc2cccc(Cl)c2Cl)c1O. The van der Waals surface area contributed by atoms with Crippen LogP contribution in [-0.2, 0) is 0 Å². The monoisotopic (exact) mass is 310 g/mol. The van der Waals surface area contributed by atoms with Crippen molar-refractivity contribution in [3.05, 3.63) is 62.1 Å². The minimum Gasteiger partial charge on any atom is -0.502 e. The fraction of sp³-hybridized carbons (Fsp3) is 0. The molecule has 102 valence electrons. The van der Waals surface area contributed by atoms with Crippen LogP contribution in [0.15, 0.2) is 41.4 Å². The highest BCUT2D eigenvalue weighted by molar-refractivity contribution is 6.43. The number of para-hydroxylation sites is 1. The zero-order chi connectivity index (χ0) is 14.7. The van der Waals surface area contributed by atoms with Crippen LogP contribution < -0.4 is 0 Å². The molecule has 0 saturated heterocycles. The molecular formula is C13H8Cl2N2O3. The largest absolute Gasteiger partial charge is 0.502 e. The zero-order valence-electron chi connectivity index (χ0n) is 9.96. The Labute approximate surface area is 124 Å². The van der Waals surface area contributed by atoms with Crippen LogP contribution >= 0.6 is 23.2 Å². The van der Waals surface area contributed by atoms with Gasteiger partial charge in [0, 0.05) is 17.8 Å². The van der Waals surface area contributed by atoms with Gasteiger partial charge >= 0.3 is 5.69 Å². The lowest BCUT2D eigenvalue weighted by atomic mass is 10.2. The Bertz CT molecular complexity index is 702. The van der Waals surface area contributed by atoms with Gasteiger partial charge in [0.15, 0.2) is 0 Å². The van der Waals surface area contributed by atoms with E-state index in [1.54, 1.807) is 18.2 Å². The number of nitro benzene ring substituents is 1. The first-order valence-electron chi connectivity index (χ1n) is 5.45. The summed E-state index contributed by atoms with van der Waals surface area (Å²) in [6.45, 7) is 0. The van der Waals surface area contributed by atoms with E-state index in [9.17, 15) is 15.2 Å². The van der Waals surface area contributed by atoms with Crippen LogP contribution in [0.5, 0.6) is 5.75 Å². The van der Waals surface area contributed by atoms with Gasteiger partial charge in [-0.05, 0) is 18.2 Å². The fourth-order valence-electron chi connectivity index (χ4n) is 1.53. The molecule has 0 saturated carbocycles. The summed E-state index contributed by atoms with van der Waals surface area (Å²) in [6, 6.07) is 9.10. The van der Waals surface area contributed by atoms with Crippen LogP contribution in [0, 0.1) is 10.1 Å². The van der Waals surface area contributed by atoms with E-state index in [2.05, 4.69) is 4.99 Å². The highest BCUT2D eigenvalue weighted by atomic mass is 35.5. The molecule has 0 aromatic heterocycles. The van der Waals surface area contributed by atoms with Crippen molar-refractivity contribution in [1.82, 2.24) is 0 Å². The molecule has 0 unspecified atom stereocenters. The van der Waals surface area contributed by atoms with Crippen LogP contribution in [-0.4, -0.2) is 16.2 Å². The van der Waals surface area contributed by atoms with Crippen molar-refractivity contribution < 1.29 is 10.0 Å². The Morgan fingerprint density at radius 1 is 1.20 bits per heavy atom. The molecule has 0 spiro atoms. The summed E-state index contributed by atoms with van der Waals surface area (Å²) in [5.41, 5.74) is 0.242. The number of nitro groups is 1. The molecule has 1 N–H and O–H groups in total. The highest BCUT2D eigenvalue weighted by Gasteiger charge is 2.15. The highest BCUT2D eigenvalue weighted by Crippen LogP contribution is 2.33. The standard InChI is InChI=1S/C13H8Cl2N2O3/c14-9-4-2-5-10(12(9)15)16-7-8-3-1-6-11(13(8)18)17(19)20/h1-7,18H. The molecule has 0 aliphatic heterocycles. The number of benzene rings is 2. The van der Waals surface area contributed by atoms with Gasteiger partial charge in [0.05, 0.1) is 20.7 Å². The van der Waals surface area contributed by atoms with Gasteiger partial charge in [0.1, 0.15) is 0 Å². The minimum absolute atomic E-state index is 0.218. The van der Waals surface area contributed by atoms with E-state index in [0.29, 0.717) is 10.7 Å². The molecule has 0 heterocycles. The Hall–Kier alpha value is -2.11. The van der Waals surface area contributed by atoms with E-state index in [-0.39, 0.29) is 16.3 Å². The number of hydrogen-bond acceptors (Lipinski definition) is 4. The Kier molecular flexibility index (Phi) is 4.22. The smallest absolute Gasteiger partial charge is 0.311 e. The number of rotatable bonds is 3. The number of phenols is 1. The molecule has 2 aromatic carbocycles. The van der Waals surface area contributed by atoms with Gasteiger partial charge in [0.25, 0.3) is 0 Å². The third-order valence-corrected chi connectivity index (χ3v) is 3.33. The molecular weight excluding hydrogens is 303 g/mol. The normalized spacial score (nSPS) is 10.9. The summed E-state index contributed by atoms with van der Waals surface area (Å²) in [7, 11) is 0. The fourth-order valence-corrected chi connectivity index (χ4v) is 1.88. The van der Waals surface area contributed by atoms with Gasteiger partial charge in [-0.3, -0.25) is 15.1 Å². The first kappa shape index (κ1) is 14.3. The molecule has 7 heteroatoms. The van der Waals surface area contributed by atoms with Gasteiger partial charge in [0.2, 0.25) is 5.75 Å². The van der Waals surface area contributed by atoms with Crippen molar-refractivity contribution in [2.24, 2.45) is 4.99 Å². The van der Waals surface area contributed by atoms with E-state index in [1.807, 2.05) is 0 Å². The van der Waals surface area contributed by atoms with Crippen LogP contribution in [0.1, 0.15) is 5.56 Å². The number of aliphatic imine (C=N–C) groups is 1. The zero-order valence-corrected chi connectivity index (χ0v) is 11.5. The van der Waals surface area contributed by atoms with Crippen molar-refractivity contribution in [2.45, 2.75) is 0 Å². The Morgan fingerprint density at radius 3 is 2.60 bits per heavy atom. The molecule has 0 aliphatic carbocycles. The molecule has 0 bridgehead atoms. The molecule has 2 aromatic rings. The first-order chi connectivity index (χ1) is 9.50. The van der Waals surface area contributed by atoms with Crippen molar-refractivity contribution in [3.8, 4) is 5.75 Å². The molecule has 0 atom stereocenters. The summed E-state index contributed by atoms with van der Waals surface area (Å²) in [4.78, 5) is 14.1. The van der Waals surface area contributed by atoms with Gasteiger partial charge in [-0.1, -0.05) is 35.3 Å². The Balaban J connectivity index is 2.40. The molecule has 5 nitrogen and oxygen atoms in total. The number of aromatic hydroxyl groups is 1. The van der Waals surface area contributed by atoms with Gasteiger partial charge < -0.3 is 5.11 Å². The first-order valence-corrected chi connectivity index (χ1v) is 6.20. The van der Waals surface area contributed by atoms with E-state index in [0.717, 1.165) is 0 Å². The van der Waals surface area contributed by atoms with E-state index >= 15 is 0 Å². The lowest BCUT2D eigenvalue weighted by molar-refractivity contribution is -0.385. The van der Waals surface area contributed by atoms with Crippen LogP contribution in [0.3, 0.4) is 0 Å². The third kappa shape index (κ3) is 2.89. The second-order valence-corrected chi connectivity index (χ2v) is 4.59. The number of halogens is 2. The third-order valence-electron chi connectivity index (χ3n) is 2.52. The summed E-state index contributed by atoms with van der Waals surface area (Å²) in [6.07, 6.45) is 1.29. The number of phenolic OH excluding ortho intramolecular Hbond substituents is 1. The second kappa shape index (κ2) is 5.90. The van der Waals surface area contributed by atoms with Crippen LogP contribution in [0.25, 0.3) is 0 Å². The molecule has 2 rings (SSSR count). The average molecular weight is 311 g/mol. The number of nitrogens with zero attached hydrogens (tertiary/aromatic N) is 2. The van der Waals surface area contributed by atoms with E-state index in [4.69, 9.17) is 23.2 Å². The minimum atomic E-state index is -0.668. The van der Waals surface area contributed by atoms with Gasteiger partial charge in [-0.2, -0.15) is 0 Å². The second-order valence-electron chi connectivity index (χ2n) is 3.80. The van der Waals surface area contributed by atoms with E-state index < -0.39 is 10.7 Å². The maximum absolute atomic E-state index is 10.7. The van der Waals surface area contributed by atoms with Crippen molar-refractivity contribution in [3.63, 3.8) is 0 Å². The summed E-state index contributed by atoms with van der Waals surface area (Å²) in [5.74, 6) is -0.445. The summed E-state index contributed by atoms with van der Waals surface area (Å²) >= 11 is 11.8. The maximum atomic E-state index is 10.7. The lowest BCUT2D eigenvalue weighted by Crippen LogP contribution is -1.91. The molecule has 0 aliphatic rings. The van der Waals surface area contributed by atoms with Crippen molar-refractivity contribution >= 4 is 40.8 Å². The van der Waals surface area contributed by atoms with Crippen molar-refractivity contribution in [2.75, 3.05) is 0 Å². The van der Waals surface area contributed by atoms with Gasteiger partial charge in [-0.25, -0.2) is 0 Å². The predicted octanol–water partition coefficient (Wildman–Crippen LogP) is 4.36. The molecule has 20 heavy (non-hydrogen) atoms. The molecule has 0 fully saturated rings. The lowest BCUT2D eigenvalue weighted by Gasteiger charge is -2.01. The maximum Gasteiger partial charge on any atom is 0.311 e.